The molecular formula is C10H19N5. The van der Waals surface area contributed by atoms with E-state index in [1.165, 1.54) is 0 Å². The molecule has 2 N–H and O–H groups in total. The van der Waals surface area contributed by atoms with Crippen molar-refractivity contribution in [2.45, 2.75) is 6.54 Å². The summed E-state index contributed by atoms with van der Waals surface area (Å²) in [6, 6.07) is 0. The third-order valence-corrected chi connectivity index (χ3v) is 1.99. The van der Waals surface area contributed by atoms with Gasteiger partial charge in [0.1, 0.15) is 0 Å². The molecule has 1 aromatic heterocycles. The lowest BCUT2D eigenvalue weighted by Crippen LogP contribution is -2.26. The van der Waals surface area contributed by atoms with Gasteiger partial charge < -0.3 is 15.5 Å². The summed E-state index contributed by atoms with van der Waals surface area (Å²) in [7, 11) is 5.93. The van der Waals surface area contributed by atoms with Gasteiger partial charge in [0.05, 0.1) is 0 Å². The Morgan fingerprint density at radius 3 is 2.47 bits per heavy atom. The van der Waals surface area contributed by atoms with Gasteiger partial charge in [-0.1, -0.05) is 0 Å². The van der Waals surface area contributed by atoms with Crippen molar-refractivity contribution in [1.82, 2.24) is 20.2 Å². The number of nitrogens with zero attached hydrogens (tertiary/aromatic N) is 3. The average molecular weight is 209 g/mol. The molecule has 5 nitrogen and oxygen atoms in total. The van der Waals surface area contributed by atoms with Gasteiger partial charge in [-0.05, 0) is 14.1 Å². The normalized spacial score (nSPS) is 10.7. The first-order valence-electron chi connectivity index (χ1n) is 5.06. The average Bonchev–Trinajstić information content (AvgIpc) is 2.25. The second-order valence-corrected chi connectivity index (χ2v) is 3.64. The van der Waals surface area contributed by atoms with E-state index < -0.39 is 0 Å². The maximum atomic E-state index is 4.14. The Balaban J connectivity index is 2.25. The van der Waals surface area contributed by atoms with Gasteiger partial charge in [-0.25, -0.2) is 9.97 Å². The van der Waals surface area contributed by atoms with E-state index in [2.05, 4.69) is 39.6 Å². The molecule has 1 aromatic rings. The van der Waals surface area contributed by atoms with Crippen molar-refractivity contribution in [3.63, 3.8) is 0 Å². The van der Waals surface area contributed by atoms with Crippen molar-refractivity contribution >= 4 is 5.95 Å². The SMILES string of the molecule is CNc1ncc(CNCCN(C)C)cn1. The van der Waals surface area contributed by atoms with Crippen LogP contribution in [0.5, 0.6) is 0 Å². The molecule has 0 saturated carbocycles. The standard InChI is InChI=1S/C10H19N5/c1-11-10-13-7-9(8-14-10)6-12-4-5-15(2)3/h7-8,12H,4-6H2,1-3H3,(H,11,13,14). The van der Waals surface area contributed by atoms with E-state index in [0.29, 0.717) is 5.95 Å². The van der Waals surface area contributed by atoms with Crippen LogP contribution in [0, 0.1) is 0 Å². The summed E-state index contributed by atoms with van der Waals surface area (Å²) >= 11 is 0. The monoisotopic (exact) mass is 209 g/mol. The fraction of sp³-hybridized carbons (Fsp3) is 0.600. The van der Waals surface area contributed by atoms with Crippen molar-refractivity contribution in [2.24, 2.45) is 0 Å². The Kier molecular flexibility index (Phi) is 5.00. The molecule has 5 heteroatoms. The molecule has 1 heterocycles. The summed E-state index contributed by atoms with van der Waals surface area (Å²) in [6.07, 6.45) is 3.67. The number of nitrogens with one attached hydrogen (secondary N) is 2. The van der Waals surface area contributed by atoms with Crippen LogP contribution in [0.15, 0.2) is 12.4 Å². The van der Waals surface area contributed by atoms with Crippen molar-refractivity contribution in [1.29, 1.82) is 0 Å². The van der Waals surface area contributed by atoms with Crippen LogP contribution in [0.3, 0.4) is 0 Å². The molecule has 0 amide bonds. The third kappa shape index (κ3) is 4.71. The van der Waals surface area contributed by atoms with Crippen LogP contribution >= 0.6 is 0 Å². The van der Waals surface area contributed by atoms with Crippen LogP contribution in [0.25, 0.3) is 0 Å². The van der Waals surface area contributed by atoms with E-state index in [0.717, 1.165) is 25.2 Å². The summed E-state index contributed by atoms with van der Waals surface area (Å²) in [6.45, 7) is 2.83. The smallest absolute Gasteiger partial charge is 0.222 e. The summed E-state index contributed by atoms with van der Waals surface area (Å²) in [5.74, 6) is 0.659. The van der Waals surface area contributed by atoms with Crippen molar-refractivity contribution in [3.8, 4) is 0 Å². The minimum absolute atomic E-state index is 0.659. The molecule has 0 fully saturated rings. The summed E-state index contributed by atoms with van der Waals surface area (Å²) < 4.78 is 0. The van der Waals surface area contributed by atoms with Crippen molar-refractivity contribution in [2.75, 3.05) is 39.5 Å². The van der Waals surface area contributed by atoms with Gasteiger partial charge in [-0.2, -0.15) is 0 Å². The molecule has 0 radical (unpaired) electrons. The maximum absolute atomic E-state index is 4.14. The van der Waals surface area contributed by atoms with Crippen molar-refractivity contribution in [3.05, 3.63) is 18.0 Å². The summed E-state index contributed by atoms with van der Waals surface area (Å²) in [4.78, 5) is 10.4. The number of likely N-dealkylation sites (N-methyl/N-ethyl adjacent to an activating group) is 1. The molecule has 1 rings (SSSR count). The Hall–Kier alpha value is -1.20. The first kappa shape index (κ1) is 11.9. The molecule has 84 valence electrons. The number of hydrogen-bond acceptors (Lipinski definition) is 5. The predicted octanol–water partition coefficient (Wildman–Crippen LogP) is 0.170. The fourth-order valence-corrected chi connectivity index (χ4v) is 1.11. The highest BCUT2D eigenvalue weighted by molar-refractivity contribution is 5.22. The lowest BCUT2D eigenvalue weighted by Gasteiger charge is -2.10. The minimum atomic E-state index is 0.659. The molecular weight excluding hydrogens is 190 g/mol. The molecule has 0 aromatic carbocycles. The molecule has 15 heavy (non-hydrogen) atoms. The first-order valence-corrected chi connectivity index (χ1v) is 5.06. The van der Waals surface area contributed by atoms with Crippen molar-refractivity contribution < 1.29 is 0 Å². The Morgan fingerprint density at radius 1 is 1.27 bits per heavy atom. The maximum Gasteiger partial charge on any atom is 0.222 e. The number of rotatable bonds is 6. The van der Waals surface area contributed by atoms with Crippen LogP contribution in [0.2, 0.25) is 0 Å². The third-order valence-electron chi connectivity index (χ3n) is 1.99. The molecule has 0 spiro atoms. The fourth-order valence-electron chi connectivity index (χ4n) is 1.11. The minimum Gasteiger partial charge on any atom is -0.357 e. The highest BCUT2D eigenvalue weighted by Crippen LogP contribution is 1.98. The van der Waals surface area contributed by atoms with Gasteiger partial charge in [0.25, 0.3) is 0 Å². The molecule has 0 bridgehead atoms. The van der Waals surface area contributed by atoms with Gasteiger partial charge in [-0.15, -0.1) is 0 Å². The molecule has 0 atom stereocenters. The molecule has 0 saturated heterocycles. The van der Waals surface area contributed by atoms with Crippen LogP contribution in [0.4, 0.5) is 5.95 Å². The van der Waals surface area contributed by atoms with E-state index >= 15 is 0 Å². The Morgan fingerprint density at radius 2 is 1.93 bits per heavy atom. The Labute approximate surface area is 90.9 Å². The van der Waals surface area contributed by atoms with Crippen LogP contribution in [0.1, 0.15) is 5.56 Å². The zero-order valence-corrected chi connectivity index (χ0v) is 9.62. The largest absolute Gasteiger partial charge is 0.357 e. The zero-order chi connectivity index (χ0) is 11.1. The van der Waals surface area contributed by atoms with E-state index in [9.17, 15) is 0 Å². The van der Waals surface area contributed by atoms with Gasteiger partial charge in [0.2, 0.25) is 5.95 Å². The van der Waals surface area contributed by atoms with Gasteiger partial charge in [-0.3, -0.25) is 0 Å². The van der Waals surface area contributed by atoms with Crippen LogP contribution in [-0.2, 0) is 6.54 Å². The summed E-state index contributed by atoms with van der Waals surface area (Å²) in [5.41, 5.74) is 1.10. The van der Waals surface area contributed by atoms with Gasteiger partial charge in [0.15, 0.2) is 0 Å². The molecule has 0 aliphatic rings. The lowest BCUT2D eigenvalue weighted by atomic mass is 10.3. The lowest BCUT2D eigenvalue weighted by molar-refractivity contribution is 0.400. The van der Waals surface area contributed by atoms with Gasteiger partial charge >= 0.3 is 0 Å². The summed E-state index contributed by atoms with van der Waals surface area (Å²) in [5, 5.41) is 6.22. The first-order chi connectivity index (χ1) is 7.22. The predicted molar refractivity (Wildman–Crippen MR) is 61.8 cm³/mol. The molecule has 0 aliphatic heterocycles. The van der Waals surface area contributed by atoms with E-state index in [1.807, 2.05) is 19.4 Å². The second-order valence-electron chi connectivity index (χ2n) is 3.64. The highest BCUT2D eigenvalue weighted by atomic mass is 15.1. The number of anilines is 1. The number of aromatic nitrogens is 2. The van der Waals surface area contributed by atoms with Gasteiger partial charge in [0, 0.05) is 44.6 Å². The highest BCUT2D eigenvalue weighted by Gasteiger charge is 1.95. The second kappa shape index (κ2) is 6.31. The van der Waals surface area contributed by atoms with Crippen LogP contribution in [-0.4, -0.2) is 49.1 Å². The molecule has 0 aliphatic carbocycles. The van der Waals surface area contributed by atoms with E-state index in [4.69, 9.17) is 0 Å². The topological polar surface area (TPSA) is 53.1 Å². The van der Waals surface area contributed by atoms with E-state index in [-0.39, 0.29) is 0 Å². The number of hydrogen-bond donors (Lipinski definition) is 2. The quantitative estimate of drug-likeness (QED) is 0.654. The zero-order valence-electron chi connectivity index (χ0n) is 9.62. The van der Waals surface area contributed by atoms with E-state index in [1.54, 1.807) is 0 Å². The molecule has 0 unspecified atom stereocenters. The van der Waals surface area contributed by atoms with Crippen LogP contribution < -0.4 is 10.6 Å². The Bertz CT molecular complexity index is 270.